The summed E-state index contributed by atoms with van der Waals surface area (Å²) in [4.78, 5) is 11.5. The lowest BCUT2D eigenvalue weighted by Gasteiger charge is -2.33. The maximum absolute atomic E-state index is 11.5. The second-order valence-electron chi connectivity index (χ2n) is 4.20. The molecule has 1 aliphatic rings. The highest BCUT2D eigenvalue weighted by molar-refractivity contribution is 5.79. The Hall–Kier alpha value is -0.570. The van der Waals surface area contributed by atoms with E-state index in [1.54, 1.807) is 13.8 Å². The van der Waals surface area contributed by atoms with Crippen LogP contribution in [0.3, 0.4) is 0 Å². The van der Waals surface area contributed by atoms with Gasteiger partial charge in [0.25, 0.3) is 0 Å². The zero-order chi connectivity index (χ0) is 10.6. The zero-order valence-corrected chi connectivity index (χ0v) is 9.08. The van der Waals surface area contributed by atoms with Crippen LogP contribution in [-0.2, 0) is 9.53 Å². The molecule has 0 heterocycles. The monoisotopic (exact) mass is 200 g/mol. The van der Waals surface area contributed by atoms with E-state index >= 15 is 0 Å². The first kappa shape index (κ1) is 11.5. The predicted molar refractivity (Wildman–Crippen MR) is 53.8 cm³/mol. The number of carbonyl (C=O) groups excluding carboxylic acids is 1. The SMILES string of the molecule is CCOC(=O)C(C)(O)C1CCCCC1. The van der Waals surface area contributed by atoms with Gasteiger partial charge in [-0.15, -0.1) is 0 Å². The Bertz CT molecular complexity index is 193. The summed E-state index contributed by atoms with van der Waals surface area (Å²) in [7, 11) is 0. The summed E-state index contributed by atoms with van der Waals surface area (Å²) in [6.45, 7) is 3.68. The molecule has 0 aromatic heterocycles. The fourth-order valence-corrected chi connectivity index (χ4v) is 2.11. The molecule has 0 aromatic rings. The minimum Gasteiger partial charge on any atom is -0.464 e. The minimum atomic E-state index is -1.28. The molecule has 82 valence electrons. The summed E-state index contributed by atoms with van der Waals surface area (Å²) in [5.74, 6) is -0.387. The molecule has 1 atom stereocenters. The molecular formula is C11H20O3. The molecule has 1 saturated carbocycles. The number of carbonyl (C=O) groups is 1. The molecule has 14 heavy (non-hydrogen) atoms. The molecule has 1 rings (SSSR count). The normalized spacial score (nSPS) is 22.8. The van der Waals surface area contributed by atoms with Gasteiger partial charge in [-0.3, -0.25) is 0 Å². The molecule has 0 spiro atoms. The fraction of sp³-hybridized carbons (Fsp3) is 0.909. The standard InChI is InChI=1S/C11H20O3/c1-3-14-10(12)11(2,13)9-7-5-4-6-8-9/h9,13H,3-8H2,1-2H3. The molecule has 0 amide bonds. The highest BCUT2D eigenvalue weighted by Gasteiger charge is 2.40. The highest BCUT2D eigenvalue weighted by Crippen LogP contribution is 2.33. The van der Waals surface area contributed by atoms with Crippen molar-refractivity contribution >= 4 is 5.97 Å². The Labute approximate surface area is 85.5 Å². The van der Waals surface area contributed by atoms with E-state index in [-0.39, 0.29) is 5.92 Å². The summed E-state index contributed by atoms with van der Waals surface area (Å²) in [6, 6.07) is 0. The van der Waals surface area contributed by atoms with E-state index < -0.39 is 11.6 Å². The average molecular weight is 200 g/mol. The molecule has 0 saturated heterocycles. The topological polar surface area (TPSA) is 46.5 Å². The van der Waals surface area contributed by atoms with Gasteiger partial charge in [0.1, 0.15) is 0 Å². The van der Waals surface area contributed by atoms with E-state index in [9.17, 15) is 9.90 Å². The average Bonchev–Trinajstić information content (AvgIpc) is 2.19. The minimum absolute atomic E-state index is 0.0790. The van der Waals surface area contributed by atoms with Gasteiger partial charge in [0.2, 0.25) is 0 Å². The lowest BCUT2D eigenvalue weighted by atomic mass is 9.78. The molecule has 1 fully saturated rings. The van der Waals surface area contributed by atoms with E-state index in [1.165, 1.54) is 6.42 Å². The predicted octanol–water partition coefficient (Wildman–Crippen LogP) is 1.88. The largest absolute Gasteiger partial charge is 0.464 e. The van der Waals surface area contributed by atoms with E-state index in [2.05, 4.69) is 0 Å². The second kappa shape index (κ2) is 4.78. The van der Waals surface area contributed by atoms with Crippen molar-refractivity contribution in [1.82, 2.24) is 0 Å². The van der Waals surface area contributed by atoms with Crippen LogP contribution in [0.2, 0.25) is 0 Å². The smallest absolute Gasteiger partial charge is 0.338 e. The van der Waals surface area contributed by atoms with Crippen molar-refractivity contribution < 1.29 is 14.6 Å². The third-order valence-corrected chi connectivity index (χ3v) is 3.09. The van der Waals surface area contributed by atoms with Crippen molar-refractivity contribution in [1.29, 1.82) is 0 Å². The quantitative estimate of drug-likeness (QED) is 0.707. The number of esters is 1. The Morgan fingerprint density at radius 3 is 2.50 bits per heavy atom. The van der Waals surface area contributed by atoms with Crippen LogP contribution in [0.5, 0.6) is 0 Å². The van der Waals surface area contributed by atoms with Crippen molar-refractivity contribution in [3.8, 4) is 0 Å². The summed E-state index contributed by atoms with van der Waals surface area (Å²) >= 11 is 0. The number of ether oxygens (including phenoxy) is 1. The second-order valence-corrected chi connectivity index (χ2v) is 4.20. The van der Waals surface area contributed by atoms with Crippen molar-refractivity contribution in [3.63, 3.8) is 0 Å². The van der Waals surface area contributed by atoms with Crippen molar-refractivity contribution in [2.75, 3.05) is 6.61 Å². The summed E-state index contributed by atoms with van der Waals surface area (Å²) in [5, 5.41) is 10.1. The molecule has 3 heteroatoms. The van der Waals surface area contributed by atoms with Gasteiger partial charge >= 0.3 is 5.97 Å². The fourth-order valence-electron chi connectivity index (χ4n) is 2.11. The van der Waals surface area contributed by atoms with Crippen LogP contribution in [0.25, 0.3) is 0 Å². The lowest BCUT2D eigenvalue weighted by molar-refractivity contribution is -0.170. The molecule has 0 aliphatic heterocycles. The number of aliphatic hydroxyl groups is 1. The van der Waals surface area contributed by atoms with Gasteiger partial charge in [0.15, 0.2) is 5.60 Å². The summed E-state index contributed by atoms with van der Waals surface area (Å²) in [6.07, 6.45) is 5.31. The van der Waals surface area contributed by atoms with Gasteiger partial charge in [-0.25, -0.2) is 4.79 Å². The van der Waals surface area contributed by atoms with Crippen LogP contribution in [0, 0.1) is 5.92 Å². The number of hydrogen-bond acceptors (Lipinski definition) is 3. The third-order valence-electron chi connectivity index (χ3n) is 3.09. The zero-order valence-electron chi connectivity index (χ0n) is 9.08. The van der Waals surface area contributed by atoms with Gasteiger partial charge in [0, 0.05) is 0 Å². The van der Waals surface area contributed by atoms with E-state index in [4.69, 9.17) is 4.74 Å². The Balaban J connectivity index is 2.57. The first-order chi connectivity index (χ1) is 6.59. The third kappa shape index (κ3) is 2.47. The Morgan fingerprint density at radius 1 is 1.43 bits per heavy atom. The van der Waals surface area contributed by atoms with Crippen LogP contribution in [-0.4, -0.2) is 23.3 Å². The van der Waals surface area contributed by atoms with Gasteiger partial charge in [-0.05, 0) is 32.6 Å². The summed E-state index contributed by atoms with van der Waals surface area (Å²) < 4.78 is 4.87. The van der Waals surface area contributed by atoms with E-state index in [0.717, 1.165) is 25.7 Å². The van der Waals surface area contributed by atoms with E-state index in [0.29, 0.717) is 6.61 Å². The highest BCUT2D eigenvalue weighted by atomic mass is 16.5. The molecule has 1 N–H and O–H groups in total. The number of hydrogen-bond donors (Lipinski definition) is 1. The maximum Gasteiger partial charge on any atom is 0.338 e. The molecule has 0 radical (unpaired) electrons. The van der Waals surface area contributed by atoms with Gasteiger partial charge < -0.3 is 9.84 Å². The summed E-state index contributed by atoms with van der Waals surface area (Å²) in [5.41, 5.74) is -1.28. The van der Waals surface area contributed by atoms with Crippen LogP contribution in [0.15, 0.2) is 0 Å². The van der Waals surface area contributed by atoms with Crippen LogP contribution in [0.4, 0.5) is 0 Å². The molecule has 3 nitrogen and oxygen atoms in total. The first-order valence-electron chi connectivity index (χ1n) is 5.48. The Kier molecular flexibility index (Phi) is 3.93. The number of rotatable bonds is 3. The first-order valence-corrected chi connectivity index (χ1v) is 5.48. The molecule has 1 unspecified atom stereocenters. The lowest BCUT2D eigenvalue weighted by Crippen LogP contribution is -2.45. The van der Waals surface area contributed by atoms with E-state index in [1.807, 2.05) is 0 Å². The molecular weight excluding hydrogens is 180 g/mol. The maximum atomic E-state index is 11.5. The van der Waals surface area contributed by atoms with Crippen molar-refractivity contribution in [3.05, 3.63) is 0 Å². The molecule has 0 bridgehead atoms. The molecule has 1 aliphatic carbocycles. The van der Waals surface area contributed by atoms with Crippen molar-refractivity contribution in [2.24, 2.45) is 5.92 Å². The van der Waals surface area contributed by atoms with Gasteiger partial charge in [-0.1, -0.05) is 19.3 Å². The van der Waals surface area contributed by atoms with Crippen LogP contribution in [0.1, 0.15) is 46.0 Å². The Morgan fingerprint density at radius 2 is 2.00 bits per heavy atom. The van der Waals surface area contributed by atoms with Gasteiger partial charge in [0.05, 0.1) is 6.61 Å². The van der Waals surface area contributed by atoms with Crippen molar-refractivity contribution in [2.45, 2.75) is 51.6 Å². The molecule has 0 aromatic carbocycles. The van der Waals surface area contributed by atoms with Crippen LogP contribution < -0.4 is 0 Å². The van der Waals surface area contributed by atoms with Gasteiger partial charge in [-0.2, -0.15) is 0 Å². The van der Waals surface area contributed by atoms with Crippen LogP contribution >= 0.6 is 0 Å².